The van der Waals surface area contributed by atoms with Crippen molar-refractivity contribution in [2.24, 2.45) is 7.05 Å². The van der Waals surface area contributed by atoms with Gasteiger partial charge in [-0.2, -0.15) is 4.31 Å². The van der Waals surface area contributed by atoms with Crippen LogP contribution in [0.5, 0.6) is 0 Å². The number of halogens is 1. The summed E-state index contributed by atoms with van der Waals surface area (Å²) in [7, 11) is -0.232. The number of aromatic nitrogens is 3. The molecule has 0 aliphatic carbocycles. The van der Waals surface area contributed by atoms with Gasteiger partial charge in [-0.1, -0.05) is 11.6 Å². The molecule has 6 nitrogen and oxygen atoms in total. The van der Waals surface area contributed by atoms with Crippen molar-refractivity contribution < 1.29 is 8.42 Å². The lowest BCUT2D eigenvalue weighted by atomic mass is 10.5. The molecule has 0 N–H and O–H groups in total. The van der Waals surface area contributed by atoms with Gasteiger partial charge in [0.15, 0.2) is 0 Å². The average Bonchev–Trinajstić information content (AvgIpc) is 2.90. The highest BCUT2D eigenvalue weighted by Crippen LogP contribution is 2.28. The Bertz CT molecular complexity index is 692. The Kier molecular flexibility index (Phi) is 3.95. The number of hydrogen-bond donors (Lipinski definition) is 0. The molecule has 0 saturated carbocycles. The molecule has 0 aliphatic rings. The van der Waals surface area contributed by atoms with Gasteiger partial charge in [-0.05, 0) is 19.1 Å². The van der Waals surface area contributed by atoms with E-state index in [2.05, 4.69) is 10.2 Å². The first kappa shape index (κ1) is 14.4. The Morgan fingerprint density at radius 2 is 2.11 bits per heavy atom. The van der Waals surface area contributed by atoms with Crippen LogP contribution < -0.4 is 0 Å². The van der Waals surface area contributed by atoms with Gasteiger partial charge in [-0.15, -0.1) is 21.5 Å². The van der Waals surface area contributed by atoms with Crippen molar-refractivity contribution in [1.82, 2.24) is 19.1 Å². The molecule has 9 heteroatoms. The fourth-order valence-corrected chi connectivity index (χ4v) is 4.28. The van der Waals surface area contributed by atoms with Crippen LogP contribution in [0.3, 0.4) is 0 Å². The van der Waals surface area contributed by atoms with E-state index in [1.807, 2.05) is 6.92 Å². The summed E-state index contributed by atoms with van der Waals surface area (Å²) >= 11 is 6.80. The minimum Gasteiger partial charge on any atom is -0.317 e. The summed E-state index contributed by atoms with van der Waals surface area (Å²) in [5.41, 5.74) is 0. The molecule has 0 fully saturated rings. The van der Waals surface area contributed by atoms with E-state index in [-0.39, 0.29) is 10.8 Å². The molecule has 0 atom stereocenters. The zero-order chi connectivity index (χ0) is 14.2. The van der Waals surface area contributed by atoms with Crippen molar-refractivity contribution in [2.75, 3.05) is 7.05 Å². The average molecular weight is 321 g/mol. The molecule has 0 unspecified atom stereocenters. The Balaban J connectivity index is 2.24. The van der Waals surface area contributed by atoms with Gasteiger partial charge in [0.05, 0.1) is 10.9 Å². The summed E-state index contributed by atoms with van der Waals surface area (Å²) in [6, 6.07) is 3.07. The molecule has 2 aromatic heterocycles. The van der Waals surface area contributed by atoms with Gasteiger partial charge in [0.1, 0.15) is 15.9 Å². The SMILES string of the molecule is Cc1nnc(CN(C)S(=O)(=O)c2ccc(Cl)s2)n1C. The maximum atomic E-state index is 12.3. The molecular weight excluding hydrogens is 308 g/mol. The van der Waals surface area contributed by atoms with Gasteiger partial charge in [-0.3, -0.25) is 0 Å². The first-order valence-electron chi connectivity index (χ1n) is 5.39. The van der Waals surface area contributed by atoms with Crippen molar-refractivity contribution >= 4 is 33.0 Å². The van der Waals surface area contributed by atoms with Gasteiger partial charge in [-0.25, -0.2) is 8.42 Å². The van der Waals surface area contributed by atoms with E-state index >= 15 is 0 Å². The maximum Gasteiger partial charge on any atom is 0.252 e. The molecule has 104 valence electrons. The summed E-state index contributed by atoms with van der Waals surface area (Å²) < 4.78 is 28.2. The van der Waals surface area contributed by atoms with Crippen LogP contribution in [0.25, 0.3) is 0 Å². The summed E-state index contributed by atoms with van der Waals surface area (Å²) in [6.07, 6.45) is 0. The third-order valence-electron chi connectivity index (χ3n) is 2.76. The van der Waals surface area contributed by atoms with E-state index in [4.69, 9.17) is 11.6 Å². The standard InChI is InChI=1S/C10H13ClN4O2S2/c1-7-12-13-9(15(7)3)6-14(2)19(16,17)10-5-4-8(11)18-10/h4-5H,6H2,1-3H3. The number of nitrogens with zero attached hydrogens (tertiary/aromatic N) is 4. The van der Waals surface area contributed by atoms with Crippen molar-refractivity contribution in [3.05, 3.63) is 28.1 Å². The summed E-state index contributed by atoms with van der Waals surface area (Å²) in [5, 5.41) is 7.85. The van der Waals surface area contributed by atoms with Crippen molar-refractivity contribution in [2.45, 2.75) is 17.7 Å². The predicted molar refractivity (Wildman–Crippen MR) is 73.7 cm³/mol. The summed E-state index contributed by atoms with van der Waals surface area (Å²) in [4.78, 5) is 0. The van der Waals surface area contributed by atoms with Crippen molar-refractivity contribution in [3.8, 4) is 0 Å². The summed E-state index contributed by atoms with van der Waals surface area (Å²) in [6.45, 7) is 1.97. The molecular formula is C10H13ClN4O2S2. The largest absolute Gasteiger partial charge is 0.317 e. The zero-order valence-corrected chi connectivity index (χ0v) is 13.1. The maximum absolute atomic E-state index is 12.3. The summed E-state index contributed by atoms with van der Waals surface area (Å²) in [5.74, 6) is 1.33. The topological polar surface area (TPSA) is 68.1 Å². The number of hydrogen-bond acceptors (Lipinski definition) is 5. The van der Waals surface area contributed by atoms with Crippen LogP contribution >= 0.6 is 22.9 Å². The molecule has 0 aromatic carbocycles. The van der Waals surface area contributed by atoms with Crippen LogP contribution in [0.15, 0.2) is 16.3 Å². The first-order chi connectivity index (χ1) is 8.82. The minimum atomic E-state index is -3.54. The molecule has 0 amide bonds. The lowest BCUT2D eigenvalue weighted by Gasteiger charge is -2.15. The number of aryl methyl sites for hydroxylation is 1. The van der Waals surface area contributed by atoms with E-state index in [0.29, 0.717) is 10.2 Å². The molecule has 0 radical (unpaired) electrons. The smallest absolute Gasteiger partial charge is 0.252 e. The third-order valence-corrected chi connectivity index (χ3v) is 6.26. The first-order valence-corrected chi connectivity index (χ1v) is 8.02. The molecule has 0 aliphatic heterocycles. The lowest BCUT2D eigenvalue weighted by Crippen LogP contribution is -2.27. The molecule has 19 heavy (non-hydrogen) atoms. The quantitative estimate of drug-likeness (QED) is 0.859. The van der Waals surface area contributed by atoms with Crippen LogP contribution in [0.4, 0.5) is 0 Å². The lowest BCUT2D eigenvalue weighted by molar-refractivity contribution is 0.451. The van der Waals surface area contributed by atoms with Crippen LogP contribution in [0.2, 0.25) is 4.34 Å². The molecule has 0 saturated heterocycles. The van der Waals surface area contributed by atoms with Gasteiger partial charge in [0.25, 0.3) is 10.0 Å². The second-order valence-electron chi connectivity index (χ2n) is 4.04. The van der Waals surface area contributed by atoms with Gasteiger partial charge in [0, 0.05) is 14.1 Å². The van der Waals surface area contributed by atoms with Gasteiger partial charge < -0.3 is 4.57 Å². The fraction of sp³-hybridized carbons (Fsp3) is 0.400. The van der Waals surface area contributed by atoms with Gasteiger partial charge in [0.2, 0.25) is 0 Å². The Morgan fingerprint density at radius 3 is 2.58 bits per heavy atom. The van der Waals surface area contributed by atoms with E-state index in [0.717, 1.165) is 17.2 Å². The fourth-order valence-electron chi connectivity index (χ4n) is 1.46. The normalized spacial score (nSPS) is 12.3. The number of sulfonamides is 1. The molecule has 2 aromatic rings. The van der Waals surface area contributed by atoms with Crippen molar-refractivity contribution in [3.63, 3.8) is 0 Å². The molecule has 0 spiro atoms. The van der Waals surface area contributed by atoms with E-state index < -0.39 is 10.0 Å². The number of rotatable bonds is 4. The Labute approximate surface area is 120 Å². The van der Waals surface area contributed by atoms with Crippen LogP contribution in [0.1, 0.15) is 11.6 Å². The van der Waals surface area contributed by atoms with Crippen molar-refractivity contribution in [1.29, 1.82) is 0 Å². The third kappa shape index (κ3) is 2.81. The molecule has 0 bridgehead atoms. The molecule has 2 heterocycles. The van der Waals surface area contributed by atoms with Gasteiger partial charge >= 0.3 is 0 Å². The number of thiophene rings is 1. The zero-order valence-electron chi connectivity index (χ0n) is 10.7. The highest BCUT2D eigenvalue weighted by atomic mass is 35.5. The minimum absolute atomic E-state index is 0.162. The van der Waals surface area contributed by atoms with E-state index in [9.17, 15) is 8.42 Å². The highest BCUT2D eigenvalue weighted by Gasteiger charge is 2.24. The Morgan fingerprint density at radius 1 is 1.42 bits per heavy atom. The Hall–Kier alpha value is -0.960. The van der Waals surface area contributed by atoms with Crippen LogP contribution in [0, 0.1) is 6.92 Å². The van der Waals surface area contributed by atoms with E-state index in [1.54, 1.807) is 17.7 Å². The molecule has 2 rings (SSSR count). The second-order valence-corrected chi connectivity index (χ2v) is 8.03. The van der Waals surface area contributed by atoms with E-state index in [1.165, 1.54) is 17.4 Å². The highest BCUT2D eigenvalue weighted by molar-refractivity contribution is 7.91. The monoisotopic (exact) mass is 320 g/mol. The predicted octanol–water partition coefficient (Wildman–Crippen LogP) is 1.66. The second kappa shape index (κ2) is 5.20. The van der Waals surface area contributed by atoms with Crippen LogP contribution in [-0.4, -0.2) is 34.5 Å². The van der Waals surface area contributed by atoms with Crippen LogP contribution in [-0.2, 0) is 23.6 Å².